The van der Waals surface area contributed by atoms with Gasteiger partial charge < -0.3 is 9.84 Å². The quantitative estimate of drug-likeness (QED) is 0.796. The Labute approximate surface area is 134 Å². The summed E-state index contributed by atoms with van der Waals surface area (Å²) in [5.74, 6) is 0.799. The lowest BCUT2D eigenvalue weighted by molar-refractivity contribution is 0.102. The number of carbonyl (C=O) groups excluding carboxylic acids is 1. The van der Waals surface area contributed by atoms with Crippen molar-refractivity contribution in [1.82, 2.24) is 10.1 Å². The molecular formula is C18H17N3O2. The van der Waals surface area contributed by atoms with Crippen LogP contribution in [0.1, 0.15) is 27.4 Å². The predicted octanol–water partition coefficient (Wildman–Crippen LogP) is 3.91. The molecule has 0 aliphatic carbocycles. The molecule has 3 aromatic rings. The zero-order valence-corrected chi connectivity index (χ0v) is 13.3. The van der Waals surface area contributed by atoms with E-state index in [4.69, 9.17) is 4.52 Å². The largest absolute Gasteiger partial charge is 0.339 e. The first kappa shape index (κ1) is 15.0. The maximum absolute atomic E-state index is 12.5. The van der Waals surface area contributed by atoms with Gasteiger partial charge in [0.05, 0.1) is 0 Å². The van der Waals surface area contributed by atoms with E-state index in [1.807, 2.05) is 38.1 Å². The highest BCUT2D eigenvalue weighted by atomic mass is 16.5. The molecular weight excluding hydrogens is 290 g/mol. The number of rotatable bonds is 3. The lowest BCUT2D eigenvalue weighted by Gasteiger charge is -2.09. The minimum atomic E-state index is -0.168. The molecule has 5 nitrogen and oxygen atoms in total. The van der Waals surface area contributed by atoms with Crippen molar-refractivity contribution in [2.45, 2.75) is 20.8 Å². The summed E-state index contributed by atoms with van der Waals surface area (Å²) in [6.07, 6.45) is 0. The van der Waals surface area contributed by atoms with E-state index in [0.717, 1.165) is 22.4 Å². The van der Waals surface area contributed by atoms with E-state index in [0.29, 0.717) is 17.3 Å². The topological polar surface area (TPSA) is 68.0 Å². The molecule has 3 rings (SSSR count). The molecule has 5 heteroatoms. The lowest BCUT2D eigenvalue weighted by Crippen LogP contribution is -2.12. The average molecular weight is 307 g/mol. The Morgan fingerprint density at radius 2 is 1.91 bits per heavy atom. The second-order valence-corrected chi connectivity index (χ2v) is 5.49. The first-order valence-electron chi connectivity index (χ1n) is 7.32. The Morgan fingerprint density at radius 1 is 1.09 bits per heavy atom. The zero-order valence-electron chi connectivity index (χ0n) is 13.3. The third-order valence-corrected chi connectivity index (χ3v) is 3.54. The molecule has 0 radical (unpaired) electrons. The third kappa shape index (κ3) is 3.29. The Balaban J connectivity index is 1.85. The molecule has 0 spiro atoms. The van der Waals surface area contributed by atoms with Crippen LogP contribution >= 0.6 is 0 Å². The van der Waals surface area contributed by atoms with Crippen molar-refractivity contribution in [3.63, 3.8) is 0 Å². The summed E-state index contributed by atoms with van der Waals surface area (Å²) >= 11 is 0. The van der Waals surface area contributed by atoms with Gasteiger partial charge in [0.25, 0.3) is 5.91 Å². The average Bonchev–Trinajstić information content (AvgIpc) is 2.97. The highest BCUT2D eigenvalue weighted by Crippen LogP contribution is 2.20. The number of aryl methyl sites for hydroxylation is 3. The van der Waals surface area contributed by atoms with Gasteiger partial charge in [-0.3, -0.25) is 4.79 Å². The number of nitrogens with zero attached hydrogens (tertiary/aromatic N) is 2. The monoisotopic (exact) mass is 307 g/mol. The molecule has 0 atom stereocenters. The zero-order chi connectivity index (χ0) is 16.4. The smallest absolute Gasteiger partial charge is 0.255 e. The predicted molar refractivity (Wildman–Crippen MR) is 88.3 cm³/mol. The van der Waals surface area contributed by atoms with Crippen LogP contribution in [0.2, 0.25) is 0 Å². The van der Waals surface area contributed by atoms with Gasteiger partial charge in [-0.1, -0.05) is 35.0 Å². The molecule has 0 aliphatic rings. The minimum Gasteiger partial charge on any atom is -0.339 e. The van der Waals surface area contributed by atoms with Gasteiger partial charge in [0.2, 0.25) is 11.7 Å². The van der Waals surface area contributed by atoms with E-state index in [-0.39, 0.29) is 5.91 Å². The Bertz CT molecular complexity index is 868. The van der Waals surface area contributed by atoms with Crippen LogP contribution in [0.25, 0.3) is 11.4 Å². The molecule has 2 aromatic carbocycles. The van der Waals surface area contributed by atoms with Crippen LogP contribution < -0.4 is 5.32 Å². The van der Waals surface area contributed by atoms with Gasteiger partial charge in [0.1, 0.15) is 0 Å². The summed E-state index contributed by atoms with van der Waals surface area (Å²) in [7, 11) is 0. The molecule has 1 aromatic heterocycles. The Hall–Kier alpha value is -2.95. The Morgan fingerprint density at radius 3 is 2.61 bits per heavy atom. The van der Waals surface area contributed by atoms with Crippen molar-refractivity contribution in [3.05, 3.63) is 65.0 Å². The van der Waals surface area contributed by atoms with E-state index in [1.54, 1.807) is 25.1 Å². The molecule has 116 valence electrons. The summed E-state index contributed by atoms with van der Waals surface area (Å²) in [6.45, 7) is 5.73. The van der Waals surface area contributed by atoms with Crippen molar-refractivity contribution in [2.75, 3.05) is 5.32 Å². The number of benzene rings is 2. The molecule has 0 unspecified atom stereocenters. The van der Waals surface area contributed by atoms with Gasteiger partial charge in [0.15, 0.2) is 0 Å². The van der Waals surface area contributed by atoms with Crippen molar-refractivity contribution < 1.29 is 9.32 Å². The van der Waals surface area contributed by atoms with Gasteiger partial charge >= 0.3 is 0 Å². The van der Waals surface area contributed by atoms with E-state index in [1.165, 1.54) is 0 Å². The molecule has 1 amide bonds. The second kappa shape index (κ2) is 6.04. The maximum atomic E-state index is 12.5. The van der Waals surface area contributed by atoms with Crippen LogP contribution in [0.15, 0.2) is 47.0 Å². The van der Waals surface area contributed by atoms with E-state index in [9.17, 15) is 4.79 Å². The highest BCUT2D eigenvalue weighted by Gasteiger charge is 2.11. The van der Waals surface area contributed by atoms with Crippen LogP contribution in [0.3, 0.4) is 0 Å². The van der Waals surface area contributed by atoms with Gasteiger partial charge in [-0.2, -0.15) is 4.98 Å². The van der Waals surface area contributed by atoms with Gasteiger partial charge in [-0.25, -0.2) is 0 Å². The van der Waals surface area contributed by atoms with Crippen molar-refractivity contribution in [1.29, 1.82) is 0 Å². The first-order valence-corrected chi connectivity index (χ1v) is 7.32. The van der Waals surface area contributed by atoms with Gasteiger partial charge in [-0.15, -0.1) is 0 Å². The summed E-state index contributed by atoms with van der Waals surface area (Å²) in [5, 5.41) is 6.81. The standard InChI is InChI=1S/C18H17N3O2/c1-11-7-8-16(12(2)9-11)20-18(22)15-6-4-5-14(10-15)17-19-13(3)23-21-17/h4-10H,1-3H3,(H,20,22). The number of carbonyl (C=O) groups is 1. The molecule has 1 heterocycles. The number of hydrogen-bond donors (Lipinski definition) is 1. The SMILES string of the molecule is Cc1ccc(NC(=O)c2cccc(-c3noc(C)n3)c2)c(C)c1. The van der Waals surface area contributed by atoms with E-state index < -0.39 is 0 Å². The lowest BCUT2D eigenvalue weighted by atomic mass is 10.1. The van der Waals surface area contributed by atoms with Crippen molar-refractivity contribution >= 4 is 11.6 Å². The summed E-state index contributed by atoms with van der Waals surface area (Å²) in [5.41, 5.74) is 4.29. The molecule has 23 heavy (non-hydrogen) atoms. The van der Waals surface area contributed by atoms with Crippen molar-refractivity contribution in [3.8, 4) is 11.4 Å². The third-order valence-electron chi connectivity index (χ3n) is 3.54. The number of anilines is 1. The fraction of sp³-hybridized carbons (Fsp3) is 0.167. The minimum absolute atomic E-state index is 0.168. The van der Waals surface area contributed by atoms with E-state index in [2.05, 4.69) is 15.5 Å². The summed E-state index contributed by atoms with van der Waals surface area (Å²) in [6, 6.07) is 13.1. The van der Waals surface area contributed by atoms with Crippen LogP contribution in [0.5, 0.6) is 0 Å². The maximum Gasteiger partial charge on any atom is 0.255 e. The Kier molecular flexibility index (Phi) is 3.93. The fourth-order valence-corrected chi connectivity index (χ4v) is 2.36. The molecule has 0 saturated heterocycles. The molecule has 0 fully saturated rings. The number of hydrogen-bond acceptors (Lipinski definition) is 4. The molecule has 0 saturated carbocycles. The number of nitrogens with one attached hydrogen (secondary N) is 1. The summed E-state index contributed by atoms with van der Waals surface area (Å²) < 4.78 is 4.98. The second-order valence-electron chi connectivity index (χ2n) is 5.49. The molecule has 0 aliphatic heterocycles. The van der Waals surface area contributed by atoms with Crippen LogP contribution in [0.4, 0.5) is 5.69 Å². The molecule has 1 N–H and O–H groups in total. The van der Waals surface area contributed by atoms with Crippen LogP contribution in [-0.4, -0.2) is 16.0 Å². The molecule has 0 bridgehead atoms. The van der Waals surface area contributed by atoms with Crippen LogP contribution in [-0.2, 0) is 0 Å². The highest BCUT2D eigenvalue weighted by molar-refractivity contribution is 6.05. The van der Waals surface area contributed by atoms with Gasteiger partial charge in [0, 0.05) is 23.7 Å². The van der Waals surface area contributed by atoms with Gasteiger partial charge in [-0.05, 0) is 37.6 Å². The normalized spacial score (nSPS) is 10.6. The van der Waals surface area contributed by atoms with Crippen LogP contribution in [0, 0.1) is 20.8 Å². The summed E-state index contributed by atoms with van der Waals surface area (Å²) in [4.78, 5) is 16.6. The number of amides is 1. The number of aromatic nitrogens is 2. The first-order chi connectivity index (χ1) is 11.0. The van der Waals surface area contributed by atoms with E-state index >= 15 is 0 Å². The van der Waals surface area contributed by atoms with Crippen molar-refractivity contribution in [2.24, 2.45) is 0 Å². The fourth-order valence-electron chi connectivity index (χ4n) is 2.36.